The Balaban J connectivity index is 0.000000313. The van der Waals surface area contributed by atoms with E-state index in [9.17, 15) is 24.3 Å². The molecule has 2 fully saturated rings. The van der Waals surface area contributed by atoms with E-state index in [1.807, 2.05) is 60.7 Å². The van der Waals surface area contributed by atoms with Crippen molar-refractivity contribution in [1.29, 1.82) is 0 Å². The Morgan fingerprint density at radius 2 is 0.948 bits per heavy atom. The highest BCUT2D eigenvalue weighted by molar-refractivity contribution is 5.83. The summed E-state index contributed by atoms with van der Waals surface area (Å²) < 4.78 is 39.3. The fraction of sp³-hybridized carbons (Fsp3) is 0.636. The third-order valence-electron chi connectivity index (χ3n) is 8.54. The van der Waals surface area contributed by atoms with Crippen molar-refractivity contribution in [3.05, 3.63) is 71.8 Å². The first-order valence-electron chi connectivity index (χ1n) is 20.1. The molecule has 2 aromatic carbocycles. The molecule has 2 saturated heterocycles. The largest absolute Gasteiger partial charge is 0.480 e. The van der Waals surface area contributed by atoms with Crippen molar-refractivity contribution in [3.63, 3.8) is 0 Å². The number of benzene rings is 2. The zero-order chi connectivity index (χ0) is 42.9. The van der Waals surface area contributed by atoms with Gasteiger partial charge in [0, 0.05) is 39.3 Å². The van der Waals surface area contributed by atoms with Crippen LogP contribution in [0.5, 0.6) is 0 Å². The van der Waals surface area contributed by atoms with E-state index >= 15 is 0 Å². The maximum Gasteiger partial charge on any atom is 0.411 e. The van der Waals surface area contributed by atoms with Crippen LogP contribution in [-0.2, 0) is 56.0 Å². The molecule has 2 aliphatic rings. The van der Waals surface area contributed by atoms with E-state index in [1.54, 1.807) is 62.3 Å². The van der Waals surface area contributed by atoms with Gasteiger partial charge < -0.3 is 38.3 Å². The van der Waals surface area contributed by atoms with Crippen LogP contribution in [0.25, 0.3) is 0 Å². The van der Waals surface area contributed by atoms with Crippen LogP contribution < -0.4 is 0 Å². The van der Waals surface area contributed by atoms with Crippen LogP contribution in [-0.4, -0.2) is 120 Å². The molecule has 2 unspecified atom stereocenters. The molecular weight excluding hydrogens is 748 g/mol. The third-order valence-corrected chi connectivity index (χ3v) is 8.54. The Bertz CT molecular complexity index is 1520. The van der Waals surface area contributed by atoms with E-state index in [-0.39, 0.29) is 25.2 Å². The molecule has 0 aliphatic carbocycles. The lowest BCUT2D eigenvalue weighted by atomic mass is 10.1. The molecule has 4 rings (SSSR count). The second-order valence-corrected chi connectivity index (χ2v) is 17.4. The second-order valence-electron chi connectivity index (χ2n) is 17.4. The van der Waals surface area contributed by atoms with Crippen molar-refractivity contribution in [2.45, 2.75) is 142 Å². The molecule has 4 atom stereocenters. The number of carbonyl (C=O) groups is 4. The van der Waals surface area contributed by atoms with E-state index < -0.39 is 53.0 Å². The predicted octanol–water partition coefficient (Wildman–Crippen LogP) is 7.40. The minimum absolute atomic E-state index is 0.219. The molecule has 2 heterocycles. The van der Waals surface area contributed by atoms with Gasteiger partial charge in [-0.25, -0.2) is 19.2 Å². The van der Waals surface area contributed by atoms with E-state index in [0.29, 0.717) is 59.0 Å². The molecule has 2 aromatic rings. The number of amides is 2. The minimum atomic E-state index is -1.04. The normalized spacial score (nSPS) is 19.6. The summed E-state index contributed by atoms with van der Waals surface area (Å²) in [4.78, 5) is 51.7. The van der Waals surface area contributed by atoms with Gasteiger partial charge in [-0.2, -0.15) is 0 Å². The van der Waals surface area contributed by atoms with Gasteiger partial charge in [0.25, 0.3) is 0 Å². The highest BCUT2D eigenvalue weighted by Gasteiger charge is 2.44. The number of ether oxygens (including phenoxy) is 7. The van der Waals surface area contributed by atoms with Crippen LogP contribution in [0.1, 0.15) is 99.1 Å². The summed E-state index contributed by atoms with van der Waals surface area (Å²) in [6.07, 6.45) is 0.374. The van der Waals surface area contributed by atoms with Crippen molar-refractivity contribution < 1.29 is 57.4 Å². The summed E-state index contributed by atoms with van der Waals surface area (Å²) in [7, 11) is 0. The summed E-state index contributed by atoms with van der Waals surface area (Å²) in [6, 6.07) is 18.3. The molecule has 14 nitrogen and oxygen atoms in total. The molecule has 0 aromatic heterocycles. The number of hydrogen-bond acceptors (Lipinski definition) is 11. The first-order chi connectivity index (χ1) is 27.2. The first kappa shape index (κ1) is 48.1. The fourth-order valence-corrected chi connectivity index (χ4v) is 6.06. The number of nitrogens with zero attached hydrogens (tertiary/aromatic N) is 2. The predicted molar refractivity (Wildman–Crippen MR) is 217 cm³/mol. The summed E-state index contributed by atoms with van der Waals surface area (Å²) in [6.45, 7) is 19.8. The van der Waals surface area contributed by atoms with Gasteiger partial charge in [-0.15, -0.1) is 0 Å². The summed E-state index contributed by atoms with van der Waals surface area (Å²) in [5.41, 5.74) is 0.296. The van der Waals surface area contributed by atoms with Crippen molar-refractivity contribution in [2.75, 3.05) is 39.5 Å². The molecule has 2 aliphatic heterocycles. The number of rotatable bonds is 16. The summed E-state index contributed by atoms with van der Waals surface area (Å²) in [5, 5.41) is 9.37. The van der Waals surface area contributed by atoms with Crippen LogP contribution in [0.15, 0.2) is 60.7 Å². The van der Waals surface area contributed by atoms with Crippen molar-refractivity contribution in [1.82, 2.24) is 9.80 Å². The number of carbonyl (C=O) groups excluding carboxylic acids is 3. The topological polar surface area (TPSA) is 160 Å². The first-order valence-corrected chi connectivity index (χ1v) is 20.1. The smallest absolute Gasteiger partial charge is 0.411 e. The van der Waals surface area contributed by atoms with Gasteiger partial charge in [-0.3, -0.25) is 9.80 Å². The molecule has 0 bridgehead atoms. The van der Waals surface area contributed by atoms with Crippen LogP contribution in [0, 0.1) is 0 Å². The fourth-order valence-electron chi connectivity index (χ4n) is 6.06. The van der Waals surface area contributed by atoms with E-state index in [1.165, 1.54) is 9.80 Å². The molecule has 1 N–H and O–H groups in total. The van der Waals surface area contributed by atoms with Gasteiger partial charge >= 0.3 is 24.1 Å². The quantitative estimate of drug-likeness (QED) is 0.102. The lowest BCUT2D eigenvalue weighted by Crippen LogP contribution is -2.45. The molecule has 0 spiro atoms. The zero-order valence-electron chi connectivity index (χ0n) is 35.9. The highest BCUT2D eigenvalue weighted by atomic mass is 16.6. The van der Waals surface area contributed by atoms with Crippen LogP contribution >= 0.6 is 0 Å². The number of likely N-dealkylation sites (tertiary alicyclic amines) is 2. The molecule has 2 amide bonds. The van der Waals surface area contributed by atoms with Gasteiger partial charge in [0.15, 0.2) is 0 Å². The van der Waals surface area contributed by atoms with Crippen molar-refractivity contribution in [2.24, 2.45) is 0 Å². The summed E-state index contributed by atoms with van der Waals surface area (Å²) >= 11 is 0. The van der Waals surface area contributed by atoms with Gasteiger partial charge in [-0.1, -0.05) is 60.7 Å². The van der Waals surface area contributed by atoms with Crippen LogP contribution in [0.4, 0.5) is 9.59 Å². The maximum atomic E-state index is 12.7. The Kier molecular flexibility index (Phi) is 18.9. The number of carboxylic acid groups (broad SMARTS) is 1. The molecular formula is C44H66N2O12. The van der Waals surface area contributed by atoms with Gasteiger partial charge in [0.1, 0.15) is 28.9 Å². The van der Waals surface area contributed by atoms with E-state index in [2.05, 4.69) is 0 Å². The van der Waals surface area contributed by atoms with Crippen molar-refractivity contribution >= 4 is 24.1 Å². The zero-order valence-corrected chi connectivity index (χ0v) is 35.9. The number of hydrogen-bond donors (Lipinski definition) is 1. The third kappa shape index (κ3) is 18.6. The Hall–Kier alpha value is -4.24. The monoisotopic (exact) mass is 814 g/mol. The minimum Gasteiger partial charge on any atom is -0.480 e. The van der Waals surface area contributed by atoms with Gasteiger partial charge in [-0.05, 0) is 86.3 Å². The summed E-state index contributed by atoms with van der Waals surface area (Å²) in [5.74, 6) is -1.48. The Morgan fingerprint density at radius 3 is 1.33 bits per heavy atom. The molecule has 58 heavy (non-hydrogen) atoms. The standard InChI is InChI=1S/C24H37NO6.C20H29NO6/c1-23(2,3)30-21(26)20-15-19(16-25(20)22(27)31-24(4,5)6)29-14-10-13-28-17-18-11-8-7-9-12-18;1-20(2,3)27-19(24)21-13-16(12-17(21)18(22)23)26-11-7-10-25-14-15-8-5-4-6-9-15/h7-9,11-12,19-20H,10,13-17H2,1-6H3;4-6,8-9,16-17H,7,10-14H2,1-3H3,(H,22,23)/t19?,20-;16?,17-/m00/s1. The molecule has 324 valence electrons. The maximum absolute atomic E-state index is 12.7. The van der Waals surface area contributed by atoms with E-state index in [0.717, 1.165) is 17.5 Å². The second kappa shape index (κ2) is 22.8. The average molecular weight is 815 g/mol. The lowest BCUT2D eigenvalue weighted by molar-refractivity contribution is -0.160. The van der Waals surface area contributed by atoms with Crippen LogP contribution in [0.2, 0.25) is 0 Å². The number of carboxylic acids is 1. The van der Waals surface area contributed by atoms with Gasteiger partial charge in [0.05, 0.1) is 38.5 Å². The van der Waals surface area contributed by atoms with Crippen LogP contribution in [0.3, 0.4) is 0 Å². The average Bonchev–Trinajstić information content (AvgIpc) is 3.76. The Morgan fingerprint density at radius 1 is 0.569 bits per heavy atom. The number of aliphatic carboxylic acids is 1. The Labute approximate surface area is 344 Å². The molecule has 0 radical (unpaired) electrons. The van der Waals surface area contributed by atoms with Crippen molar-refractivity contribution in [3.8, 4) is 0 Å². The highest BCUT2D eigenvalue weighted by Crippen LogP contribution is 2.27. The molecule has 0 saturated carbocycles. The number of esters is 1. The SMILES string of the molecule is CC(C)(C)OC(=O)N1CC(OCCCOCc2ccccc2)C[C@H]1C(=O)O.CC(C)(C)OC(=O)[C@@H]1CC(OCCCOCc2ccccc2)CN1C(=O)OC(C)(C)C. The van der Waals surface area contributed by atoms with Gasteiger partial charge in [0.2, 0.25) is 0 Å². The molecule has 14 heteroatoms. The lowest BCUT2D eigenvalue weighted by Gasteiger charge is -2.29. The van der Waals surface area contributed by atoms with E-state index in [4.69, 9.17) is 33.2 Å².